The van der Waals surface area contributed by atoms with Crippen LogP contribution in [-0.4, -0.2) is 18.4 Å². The first-order valence-electron chi connectivity index (χ1n) is 8.80. The van der Waals surface area contributed by atoms with Crippen LogP contribution in [0.5, 0.6) is 0 Å². The van der Waals surface area contributed by atoms with Crippen molar-refractivity contribution in [1.82, 2.24) is 0 Å². The van der Waals surface area contributed by atoms with Crippen molar-refractivity contribution in [3.63, 3.8) is 0 Å². The van der Waals surface area contributed by atoms with Crippen LogP contribution in [0.15, 0.2) is 48.5 Å². The topological polar surface area (TPSA) is 49.4 Å². The summed E-state index contributed by atoms with van der Waals surface area (Å²) < 4.78 is 0. The van der Waals surface area contributed by atoms with E-state index in [1.165, 1.54) is 0 Å². The molecule has 0 saturated carbocycles. The third-order valence-corrected chi connectivity index (χ3v) is 4.70. The zero-order valence-electron chi connectivity index (χ0n) is 14.8. The minimum absolute atomic E-state index is 0.000696. The fraction of sp³-hybridized carbons (Fsp3) is 0.333. The summed E-state index contributed by atoms with van der Waals surface area (Å²) >= 11 is 0. The molecule has 1 fully saturated rings. The zero-order valence-corrected chi connectivity index (χ0v) is 14.8. The lowest BCUT2D eigenvalue weighted by Crippen LogP contribution is -2.24. The van der Waals surface area contributed by atoms with Gasteiger partial charge in [0.25, 0.3) is 0 Å². The van der Waals surface area contributed by atoms with E-state index >= 15 is 0 Å². The van der Waals surface area contributed by atoms with Crippen LogP contribution in [0.1, 0.15) is 43.2 Å². The number of carbonyl (C=O) groups excluding carboxylic acids is 2. The number of nitrogens with zero attached hydrogens (tertiary/aromatic N) is 1. The Balaban J connectivity index is 1.64. The van der Waals surface area contributed by atoms with Crippen LogP contribution in [0.3, 0.4) is 0 Å². The second-order valence-corrected chi connectivity index (χ2v) is 6.71. The second kappa shape index (κ2) is 7.51. The van der Waals surface area contributed by atoms with Crippen molar-refractivity contribution in [2.24, 2.45) is 0 Å². The zero-order chi connectivity index (χ0) is 17.8. The number of carbonyl (C=O) groups is 2. The number of aryl methyl sites for hydroxylation is 1. The molecule has 1 saturated heterocycles. The van der Waals surface area contributed by atoms with Gasteiger partial charge in [-0.2, -0.15) is 0 Å². The average molecular weight is 336 g/mol. The lowest BCUT2D eigenvalue weighted by molar-refractivity contribution is -0.117. The maximum Gasteiger partial charge on any atom is 0.227 e. The van der Waals surface area contributed by atoms with E-state index in [2.05, 4.69) is 12.2 Å². The van der Waals surface area contributed by atoms with Gasteiger partial charge in [-0.25, -0.2) is 0 Å². The maximum atomic E-state index is 12.3. The highest BCUT2D eigenvalue weighted by Gasteiger charge is 2.23. The molecule has 25 heavy (non-hydrogen) atoms. The SMILES string of the molecule is Cc1cc(NC(=O)CC(C)c2ccccc2)ccc1N1CCCC1=O. The standard InChI is InChI=1S/C21H24N2O2/c1-15(17-7-4-3-5-8-17)14-20(24)22-18-10-11-19(16(2)13-18)23-12-6-9-21(23)25/h3-5,7-8,10-11,13,15H,6,9,12,14H2,1-2H3,(H,22,24). The summed E-state index contributed by atoms with van der Waals surface area (Å²) in [4.78, 5) is 26.1. The van der Waals surface area contributed by atoms with Gasteiger partial charge in [-0.15, -0.1) is 0 Å². The summed E-state index contributed by atoms with van der Waals surface area (Å²) in [6.45, 7) is 4.81. The number of anilines is 2. The first-order valence-corrected chi connectivity index (χ1v) is 8.80. The van der Waals surface area contributed by atoms with E-state index in [-0.39, 0.29) is 17.7 Å². The van der Waals surface area contributed by atoms with E-state index in [1.807, 2.05) is 60.4 Å². The molecule has 1 N–H and O–H groups in total. The highest BCUT2D eigenvalue weighted by Crippen LogP contribution is 2.28. The second-order valence-electron chi connectivity index (χ2n) is 6.71. The van der Waals surface area contributed by atoms with Gasteiger partial charge in [0, 0.05) is 30.8 Å². The Morgan fingerprint density at radius 3 is 2.60 bits per heavy atom. The Morgan fingerprint density at radius 2 is 1.96 bits per heavy atom. The number of hydrogen-bond donors (Lipinski definition) is 1. The van der Waals surface area contributed by atoms with E-state index in [0.29, 0.717) is 12.8 Å². The molecule has 1 aliphatic rings. The fourth-order valence-electron chi connectivity index (χ4n) is 3.33. The molecule has 3 rings (SSSR count). The largest absolute Gasteiger partial charge is 0.326 e. The molecule has 2 aromatic rings. The molecule has 1 heterocycles. The third-order valence-electron chi connectivity index (χ3n) is 4.70. The van der Waals surface area contributed by atoms with Crippen molar-refractivity contribution >= 4 is 23.2 Å². The third kappa shape index (κ3) is 4.08. The lowest BCUT2D eigenvalue weighted by Gasteiger charge is -2.19. The van der Waals surface area contributed by atoms with Gasteiger partial charge in [0.1, 0.15) is 0 Å². The van der Waals surface area contributed by atoms with E-state index < -0.39 is 0 Å². The van der Waals surface area contributed by atoms with E-state index in [0.717, 1.165) is 35.5 Å². The number of nitrogens with one attached hydrogen (secondary N) is 1. The van der Waals surface area contributed by atoms with Crippen molar-refractivity contribution in [1.29, 1.82) is 0 Å². The molecule has 0 spiro atoms. The first-order chi connectivity index (χ1) is 12.0. The van der Waals surface area contributed by atoms with Gasteiger partial charge in [0.05, 0.1) is 0 Å². The van der Waals surface area contributed by atoms with Gasteiger partial charge < -0.3 is 10.2 Å². The average Bonchev–Trinajstić information content (AvgIpc) is 3.01. The van der Waals surface area contributed by atoms with E-state index in [1.54, 1.807) is 0 Å². The number of rotatable bonds is 5. The smallest absolute Gasteiger partial charge is 0.227 e. The Labute approximate surface area is 148 Å². The van der Waals surface area contributed by atoms with Crippen LogP contribution in [0.4, 0.5) is 11.4 Å². The number of hydrogen-bond acceptors (Lipinski definition) is 2. The van der Waals surface area contributed by atoms with Crippen LogP contribution in [0.25, 0.3) is 0 Å². The Kier molecular flexibility index (Phi) is 5.17. The van der Waals surface area contributed by atoms with Crippen LogP contribution in [0.2, 0.25) is 0 Å². The van der Waals surface area contributed by atoms with E-state index in [9.17, 15) is 9.59 Å². The van der Waals surface area contributed by atoms with Gasteiger partial charge in [-0.05, 0) is 48.6 Å². The Morgan fingerprint density at radius 1 is 1.20 bits per heavy atom. The predicted molar refractivity (Wildman–Crippen MR) is 101 cm³/mol. The molecule has 2 amide bonds. The highest BCUT2D eigenvalue weighted by molar-refractivity contribution is 5.97. The van der Waals surface area contributed by atoms with Gasteiger partial charge in [-0.1, -0.05) is 37.3 Å². The first kappa shape index (κ1) is 17.2. The monoisotopic (exact) mass is 336 g/mol. The molecule has 1 atom stereocenters. The van der Waals surface area contributed by atoms with Crippen molar-refractivity contribution in [3.05, 3.63) is 59.7 Å². The molecule has 0 aliphatic carbocycles. The summed E-state index contributed by atoms with van der Waals surface area (Å²) in [5.41, 5.74) is 3.89. The van der Waals surface area contributed by atoms with Crippen LogP contribution < -0.4 is 10.2 Å². The van der Waals surface area contributed by atoms with Crippen molar-refractivity contribution in [2.75, 3.05) is 16.8 Å². The van der Waals surface area contributed by atoms with E-state index in [4.69, 9.17) is 0 Å². The number of amides is 2. The fourth-order valence-corrected chi connectivity index (χ4v) is 3.33. The van der Waals surface area contributed by atoms with Crippen LogP contribution >= 0.6 is 0 Å². The molecule has 0 aromatic heterocycles. The summed E-state index contributed by atoms with van der Waals surface area (Å²) in [5, 5.41) is 2.97. The quantitative estimate of drug-likeness (QED) is 0.887. The van der Waals surface area contributed by atoms with Crippen molar-refractivity contribution in [2.45, 2.75) is 39.0 Å². The molecule has 1 aliphatic heterocycles. The molecular weight excluding hydrogens is 312 g/mol. The normalized spacial score (nSPS) is 15.3. The minimum Gasteiger partial charge on any atom is -0.326 e. The molecule has 130 valence electrons. The Bertz CT molecular complexity index is 771. The molecule has 4 heteroatoms. The highest BCUT2D eigenvalue weighted by atomic mass is 16.2. The molecule has 4 nitrogen and oxygen atoms in total. The summed E-state index contributed by atoms with van der Waals surface area (Å²) in [5.74, 6) is 0.348. The minimum atomic E-state index is 0.000696. The van der Waals surface area contributed by atoms with Gasteiger partial charge in [0.2, 0.25) is 11.8 Å². The van der Waals surface area contributed by atoms with Crippen LogP contribution in [0, 0.1) is 6.92 Å². The lowest BCUT2D eigenvalue weighted by atomic mass is 9.97. The predicted octanol–water partition coefficient (Wildman–Crippen LogP) is 4.25. The summed E-state index contributed by atoms with van der Waals surface area (Å²) in [6, 6.07) is 15.8. The molecule has 1 unspecified atom stereocenters. The summed E-state index contributed by atoms with van der Waals surface area (Å²) in [7, 11) is 0. The van der Waals surface area contributed by atoms with Crippen molar-refractivity contribution < 1.29 is 9.59 Å². The molecular formula is C21H24N2O2. The van der Waals surface area contributed by atoms with Gasteiger partial charge >= 0.3 is 0 Å². The van der Waals surface area contributed by atoms with Gasteiger partial charge in [-0.3, -0.25) is 9.59 Å². The number of benzene rings is 2. The molecule has 0 radical (unpaired) electrons. The van der Waals surface area contributed by atoms with Gasteiger partial charge in [0.15, 0.2) is 0 Å². The molecule has 0 bridgehead atoms. The summed E-state index contributed by atoms with van der Waals surface area (Å²) in [6.07, 6.45) is 1.97. The maximum absolute atomic E-state index is 12.3. The molecule has 2 aromatic carbocycles. The van der Waals surface area contributed by atoms with Crippen molar-refractivity contribution in [3.8, 4) is 0 Å². The Hall–Kier alpha value is -2.62. The van der Waals surface area contributed by atoms with Crippen LogP contribution in [-0.2, 0) is 9.59 Å².